The summed E-state index contributed by atoms with van der Waals surface area (Å²) in [6.07, 6.45) is 1.79. The molecule has 0 bridgehead atoms. The number of hydrogen-bond acceptors (Lipinski definition) is 6. The van der Waals surface area contributed by atoms with Crippen LogP contribution in [0.15, 0.2) is 22.7 Å². The second kappa shape index (κ2) is 8.63. The molecule has 0 radical (unpaired) electrons. The Hall–Kier alpha value is -2.24. The lowest BCUT2D eigenvalue weighted by molar-refractivity contribution is 0.317. The molecule has 2 heterocycles. The van der Waals surface area contributed by atoms with Crippen LogP contribution < -0.4 is 14.5 Å². The van der Waals surface area contributed by atoms with Gasteiger partial charge in [-0.25, -0.2) is 0 Å². The maximum Gasteiger partial charge on any atom is 0.266 e. The Kier molecular flexibility index (Phi) is 6.24. The molecule has 1 aliphatic rings. The average Bonchev–Trinajstić information content (AvgIpc) is 3.15. The van der Waals surface area contributed by atoms with Crippen LogP contribution in [0.4, 0.5) is 11.6 Å². The van der Waals surface area contributed by atoms with Crippen LogP contribution in [0.1, 0.15) is 45.6 Å². The number of ether oxygens (including phenoxy) is 1. The molecule has 1 fully saturated rings. The number of aromatic nitrogens is 2. The maximum absolute atomic E-state index is 5.77. The zero-order valence-electron chi connectivity index (χ0n) is 17.2. The van der Waals surface area contributed by atoms with Gasteiger partial charge in [-0.3, -0.25) is 0 Å². The number of piperazine rings is 1. The molecule has 1 atom stereocenters. The maximum atomic E-state index is 5.77. The first-order valence-corrected chi connectivity index (χ1v) is 10.1. The molecule has 1 saturated heterocycles. The SMILES string of the molecule is CCCOc1ccc(N2CCN(c3noc(CC)n3)[C@@H](C(C)C)C2)c(C)c1. The highest BCUT2D eigenvalue weighted by molar-refractivity contribution is 5.57. The van der Waals surface area contributed by atoms with Crippen LogP contribution in [0.25, 0.3) is 0 Å². The van der Waals surface area contributed by atoms with Crippen LogP contribution in [0.2, 0.25) is 0 Å². The molecule has 6 nitrogen and oxygen atoms in total. The van der Waals surface area contributed by atoms with Gasteiger partial charge < -0.3 is 19.1 Å². The van der Waals surface area contributed by atoms with E-state index in [9.17, 15) is 0 Å². The zero-order chi connectivity index (χ0) is 19.4. The second-order valence-corrected chi connectivity index (χ2v) is 7.59. The highest BCUT2D eigenvalue weighted by Gasteiger charge is 2.32. The van der Waals surface area contributed by atoms with Crippen molar-refractivity contribution < 1.29 is 9.26 Å². The molecule has 0 aliphatic carbocycles. The smallest absolute Gasteiger partial charge is 0.266 e. The molecule has 1 aromatic heterocycles. The number of hydrogen-bond donors (Lipinski definition) is 0. The molecule has 1 aromatic carbocycles. The van der Waals surface area contributed by atoms with E-state index in [4.69, 9.17) is 9.26 Å². The van der Waals surface area contributed by atoms with Crippen molar-refractivity contribution in [3.63, 3.8) is 0 Å². The van der Waals surface area contributed by atoms with Crippen LogP contribution in [0.5, 0.6) is 5.75 Å². The normalized spacial score (nSPS) is 17.6. The third-order valence-corrected chi connectivity index (χ3v) is 5.19. The van der Waals surface area contributed by atoms with Gasteiger partial charge in [-0.1, -0.05) is 27.7 Å². The van der Waals surface area contributed by atoms with Crippen LogP contribution in [-0.2, 0) is 6.42 Å². The van der Waals surface area contributed by atoms with E-state index >= 15 is 0 Å². The van der Waals surface area contributed by atoms with Crippen molar-refractivity contribution in [1.82, 2.24) is 10.1 Å². The fourth-order valence-corrected chi connectivity index (χ4v) is 3.65. The Balaban J connectivity index is 1.76. The van der Waals surface area contributed by atoms with Crippen molar-refractivity contribution in [1.29, 1.82) is 0 Å². The van der Waals surface area contributed by atoms with Crippen LogP contribution in [0, 0.1) is 12.8 Å². The van der Waals surface area contributed by atoms with Gasteiger partial charge in [0, 0.05) is 31.7 Å². The summed E-state index contributed by atoms with van der Waals surface area (Å²) in [5, 5.41) is 4.20. The minimum Gasteiger partial charge on any atom is -0.494 e. The standard InChI is InChI=1S/C21H32N4O2/c1-6-12-26-17-8-9-18(16(5)13-17)24-10-11-25(19(14-24)15(3)4)21-22-20(7-2)27-23-21/h8-9,13,15,19H,6-7,10-12,14H2,1-5H3/t19-/m1/s1. The van der Waals surface area contributed by atoms with E-state index in [1.54, 1.807) is 0 Å². The highest BCUT2D eigenvalue weighted by atomic mass is 16.5. The molecule has 2 aromatic rings. The van der Waals surface area contributed by atoms with Gasteiger partial charge in [-0.2, -0.15) is 4.98 Å². The van der Waals surface area contributed by atoms with Gasteiger partial charge in [-0.05, 0) is 48.2 Å². The lowest BCUT2D eigenvalue weighted by Crippen LogP contribution is -2.56. The Morgan fingerprint density at radius 2 is 2.07 bits per heavy atom. The Morgan fingerprint density at radius 3 is 2.70 bits per heavy atom. The average molecular weight is 373 g/mol. The van der Waals surface area contributed by atoms with Crippen molar-refractivity contribution in [3.05, 3.63) is 29.7 Å². The summed E-state index contributed by atoms with van der Waals surface area (Å²) >= 11 is 0. The number of nitrogens with zero attached hydrogens (tertiary/aromatic N) is 4. The molecule has 27 heavy (non-hydrogen) atoms. The first-order valence-electron chi connectivity index (χ1n) is 10.1. The quantitative estimate of drug-likeness (QED) is 0.730. The third kappa shape index (κ3) is 4.37. The number of aryl methyl sites for hydroxylation is 2. The van der Waals surface area contributed by atoms with Crippen molar-refractivity contribution >= 4 is 11.6 Å². The summed E-state index contributed by atoms with van der Waals surface area (Å²) in [5.74, 6) is 2.87. The van der Waals surface area contributed by atoms with Gasteiger partial charge in [0.25, 0.3) is 5.95 Å². The lowest BCUT2D eigenvalue weighted by atomic mass is 9.99. The van der Waals surface area contributed by atoms with E-state index in [1.807, 2.05) is 6.92 Å². The zero-order valence-corrected chi connectivity index (χ0v) is 17.2. The van der Waals surface area contributed by atoms with Crippen molar-refractivity contribution in [2.24, 2.45) is 5.92 Å². The minimum absolute atomic E-state index is 0.344. The summed E-state index contributed by atoms with van der Waals surface area (Å²) in [5.41, 5.74) is 2.54. The molecular weight excluding hydrogens is 340 g/mol. The summed E-state index contributed by atoms with van der Waals surface area (Å²) in [4.78, 5) is 9.33. The fraction of sp³-hybridized carbons (Fsp3) is 0.619. The first-order chi connectivity index (χ1) is 13.0. The van der Waals surface area contributed by atoms with Crippen LogP contribution >= 0.6 is 0 Å². The van der Waals surface area contributed by atoms with E-state index in [0.717, 1.165) is 50.8 Å². The topological polar surface area (TPSA) is 54.6 Å². The summed E-state index contributed by atoms with van der Waals surface area (Å²) in [6.45, 7) is 14.4. The largest absolute Gasteiger partial charge is 0.494 e. The second-order valence-electron chi connectivity index (χ2n) is 7.59. The summed E-state index contributed by atoms with van der Waals surface area (Å²) < 4.78 is 11.1. The van der Waals surface area contributed by atoms with E-state index < -0.39 is 0 Å². The van der Waals surface area contributed by atoms with Gasteiger partial charge in [-0.15, -0.1) is 0 Å². The molecule has 0 N–H and O–H groups in total. The molecule has 6 heteroatoms. The minimum atomic E-state index is 0.344. The van der Waals surface area contributed by atoms with Crippen LogP contribution in [0.3, 0.4) is 0 Å². The van der Waals surface area contributed by atoms with E-state index in [1.165, 1.54) is 11.3 Å². The number of benzene rings is 1. The van der Waals surface area contributed by atoms with Crippen molar-refractivity contribution in [3.8, 4) is 5.75 Å². The van der Waals surface area contributed by atoms with Crippen molar-refractivity contribution in [2.75, 3.05) is 36.0 Å². The van der Waals surface area contributed by atoms with E-state index in [2.05, 4.69) is 65.8 Å². The van der Waals surface area contributed by atoms with Crippen molar-refractivity contribution in [2.45, 2.75) is 53.5 Å². The Labute approximate surface area is 162 Å². The molecule has 0 amide bonds. The molecule has 0 saturated carbocycles. The Morgan fingerprint density at radius 1 is 1.26 bits per heavy atom. The Bertz CT molecular complexity index is 744. The molecule has 148 valence electrons. The fourth-order valence-electron chi connectivity index (χ4n) is 3.65. The molecule has 0 unspecified atom stereocenters. The van der Waals surface area contributed by atoms with Gasteiger partial charge in [0.1, 0.15) is 5.75 Å². The van der Waals surface area contributed by atoms with Gasteiger partial charge in [0.05, 0.1) is 12.6 Å². The van der Waals surface area contributed by atoms with E-state index in [0.29, 0.717) is 17.9 Å². The van der Waals surface area contributed by atoms with Gasteiger partial charge in [0.2, 0.25) is 5.89 Å². The summed E-state index contributed by atoms with van der Waals surface area (Å²) in [7, 11) is 0. The predicted molar refractivity (Wildman–Crippen MR) is 109 cm³/mol. The summed E-state index contributed by atoms with van der Waals surface area (Å²) in [6, 6.07) is 6.77. The monoisotopic (exact) mass is 372 g/mol. The molecule has 3 rings (SSSR count). The van der Waals surface area contributed by atoms with Gasteiger partial charge >= 0.3 is 0 Å². The number of anilines is 2. The molecular formula is C21H32N4O2. The number of rotatable bonds is 7. The van der Waals surface area contributed by atoms with E-state index in [-0.39, 0.29) is 0 Å². The first kappa shape index (κ1) is 19.5. The van der Waals surface area contributed by atoms with Crippen LogP contribution in [-0.4, -0.2) is 42.4 Å². The molecule has 1 aliphatic heterocycles. The van der Waals surface area contributed by atoms with Gasteiger partial charge in [0.15, 0.2) is 0 Å². The predicted octanol–water partition coefficient (Wildman–Crippen LogP) is 4.08. The highest BCUT2D eigenvalue weighted by Crippen LogP contribution is 2.30. The lowest BCUT2D eigenvalue weighted by Gasteiger charge is -2.44. The molecule has 0 spiro atoms. The third-order valence-electron chi connectivity index (χ3n) is 5.19.